The van der Waals surface area contributed by atoms with Crippen LogP contribution in [0.4, 0.5) is 0 Å². The van der Waals surface area contributed by atoms with Gasteiger partial charge >= 0.3 is 0 Å². The second kappa shape index (κ2) is 8.72. The highest BCUT2D eigenvalue weighted by molar-refractivity contribution is 8.00. The molecule has 1 aliphatic carbocycles. The van der Waals surface area contributed by atoms with Crippen molar-refractivity contribution in [3.8, 4) is 0 Å². The van der Waals surface area contributed by atoms with Crippen LogP contribution in [-0.2, 0) is 4.79 Å². The van der Waals surface area contributed by atoms with Crippen molar-refractivity contribution in [2.75, 3.05) is 25.4 Å². The zero-order chi connectivity index (χ0) is 17.6. The van der Waals surface area contributed by atoms with Gasteiger partial charge in [0.2, 0.25) is 5.91 Å². The number of thioether (sulfide) groups is 1. The standard InChI is InChI=1S/C19H27N3O2S/c20-12-14-6-5-8-16(14)21-19(24)15-7-1-2-9-17(15)25-13-18(23)22-10-3-4-11-22/h1-2,7,9,14,16H,3-6,8,10-13,20H2,(H,21,24). The summed E-state index contributed by atoms with van der Waals surface area (Å²) in [5.74, 6) is 0.873. The van der Waals surface area contributed by atoms with Crippen LogP contribution in [0.5, 0.6) is 0 Å². The lowest BCUT2D eigenvalue weighted by atomic mass is 10.0. The fourth-order valence-corrected chi connectivity index (χ4v) is 4.69. The van der Waals surface area contributed by atoms with Crippen LogP contribution in [0, 0.1) is 5.92 Å². The summed E-state index contributed by atoms with van der Waals surface area (Å²) in [7, 11) is 0. The van der Waals surface area contributed by atoms with E-state index in [1.807, 2.05) is 29.2 Å². The molecule has 0 bridgehead atoms. The van der Waals surface area contributed by atoms with Crippen LogP contribution in [0.15, 0.2) is 29.2 Å². The van der Waals surface area contributed by atoms with Crippen LogP contribution in [0.1, 0.15) is 42.5 Å². The third-order valence-electron chi connectivity index (χ3n) is 5.22. The van der Waals surface area contributed by atoms with Gasteiger partial charge in [0.25, 0.3) is 5.91 Å². The molecule has 5 nitrogen and oxygen atoms in total. The molecule has 0 radical (unpaired) electrons. The van der Waals surface area contributed by atoms with E-state index in [4.69, 9.17) is 5.73 Å². The monoisotopic (exact) mass is 361 g/mol. The van der Waals surface area contributed by atoms with Crippen LogP contribution < -0.4 is 11.1 Å². The first-order valence-corrected chi connectivity index (χ1v) is 10.2. The highest BCUT2D eigenvalue weighted by Crippen LogP contribution is 2.27. The van der Waals surface area contributed by atoms with Crippen LogP contribution in [0.3, 0.4) is 0 Å². The Labute approximate surface area is 153 Å². The average Bonchev–Trinajstić information content (AvgIpc) is 3.31. The molecule has 2 unspecified atom stereocenters. The Bertz CT molecular complexity index is 616. The van der Waals surface area contributed by atoms with Gasteiger partial charge in [-0.25, -0.2) is 0 Å². The summed E-state index contributed by atoms with van der Waals surface area (Å²) in [4.78, 5) is 27.8. The zero-order valence-corrected chi connectivity index (χ0v) is 15.4. The predicted octanol–water partition coefficient (Wildman–Crippen LogP) is 2.26. The van der Waals surface area contributed by atoms with Crippen molar-refractivity contribution >= 4 is 23.6 Å². The molecule has 6 heteroatoms. The van der Waals surface area contributed by atoms with Crippen molar-refractivity contribution < 1.29 is 9.59 Å². The Morgan fingerprint density at radius 2 is 1.92 bits per heavy atom. The Morgan fingerprint density at radius 1 is 1.16 bits per heavy atom. The molecule has 2 fully saturated rings. The molecule has 2 amide bonds. The number of hydrogen-bond acceptors (Lipinski definition) is 4. The molecule has 2 atom stereocenters. The van der Waals surface area contributed by atoms with E-state index >= 15 is 0 Å². The quantitative estimate of drug-likeness (QED) is 0.762. The second-order valence-electron chi connectivity index (χ2n) is 6.88. The maximum absolute atomic E-state index is 12.7. The van der Waals surface area contributed by atoms with E-state index < -0.39 is 0 Å². The van der Waals surface area contributed by atoms with E-state index in [-0.39, 0.29) is 17.9 Å². The second-order valence-corrected chi connectivity index (χ2v) is 7.90. The number of nitrogens with two attached hydrogens (primary N) is 1. The molecule has 1 aromatic rings. The highest BCUT2D eigenvalue weighted by atomic mass is 32.2. The molecule has 2 aliphatic rings. The van der Waals surface area contributed by atoms with E-state index in [9.17, 15) is 9.59 Å². The Balaban J connectivity index is 1.61. The van der Waals surface area contributed by atoms with Crippen molar-refractivity contribution in [3.63, 3.8) is 0 Å². The minimum absolute atomic E-state index is 0.0536. The van der Waals surface area contributed by atoms with Gasteiger partial charge in [-0.3, -0.25) is 9.59 Å². The van der Waals surface area contributed by atoms with Gasteiger partial charge < -0.3 is 16.0 Å². The van der Waals surface area contributed by atoms with Gasteiger partial charge in [0.1, 0.15) is 0 Å². The molecule has 1 aliphatic heterocycles. The molecule has 1 saturated heterocycles. The maximum atomic E-state index is 12.7. The van der Waals surface area contributed by atoms with E-state index in [2.05, 4.69) is 5.32 Å². The number of rotatable bonds is 6. The summed E-state index contributed by atoms with van der Waals surface area (Å²) >= 11 is 1.46. The molecule has 0 spiro atoms. The molecule has 1 heterocycles. The smallest absolute Gasteiger partial charge is 0.252 e. The van der Waals surface area contributed by atoms with Gasteiger partial charge in [-0.2, -0.15) is 0 Å². The minimum Gasteiger partial charge on any atom is -0.349 e. The third-order valence-corrected chi connectivity index (χ3v) is 6.28. The lowest BCUT2D eigenvalue weighted by Gasteiger charge is -2.20. The lowest BCUT2D eigenvalue weighted by Crippen LogP contribution is -2.40. The van der Waals surface area contributed by atoms with Crippen molar-refractivity contribution in [1.82, 2.24) is 10.2 Å². The Kier molecular flexibility index (Phi) is 6.37. The molecule has 0 aromatic heterocycles. The van der Waals surface area contributed by atoms with Crippen LogP contribution in [0.25, 0.3) is 0 Å². The molecular weight excluding hydrogens is 334 g/mol. The fourth-order valence-electron chi connectivity index (χ4n) is 3.73. The Hall–Kier alpha value is -1.53. The lowest BCUT2D eigenvalue weighted by molar-refractivity contribution is -0.127. The molecule has 3 N–H and O–H groups in total. The molecule has 3 rings (SSSR count). The first kappa shape index (κ1) is 18.3. The summed E-state index contributed by atoms with van der Waals surface area (Å²) in [6.07, 6.45) is 5.39. The van der Waals surface area contributed by atoms with Crippen LogP contribution >= 0.6 is 11.8 Å². The average molecular weight is 362 g/mol. The van der Waals surface area contributed by atoms with Crippen molar-refractivity contribution in [3.05, 3.63) is 29.8 Å². The summed E-state index contributed by atoms with van der Waals surface area (Å²) in [6, 6.07) is 7.71. The van der Waals surface area contributed by atoms with Gasteiger partial charge in [0.05, 0.1) is 11.3 Å². The van der Waals surface area contributed by atoms with Gasteiger partial charge in [0, 0.05) is 24.0 Å². The molecular formula is C19H27N3O2S. The molecule has 1 saturated carbocycles. The number of carbonyl (C=O) groups is 2. The first-order chi connectivity index (χ1) is 12.2. The van der Waals surface area contributed by atoms with Gasteiger partial charge in [-0.1, -0.05) is 18.6 Å². The number of nitrogens with zero attached hydrogens (tertiary/aromatic N) is 1. The topological polar surface area (TPSA) is 75.4 Å². The Morgan fingerprint density at radius 3 is 2.68 bits per heavy atom. The summed E-state index contributed by atoms with van der Waals surface area (Å²) < 4.78 is 0. The first-order valence-electron chi connectivity index (χ1n) is 9.19. The zero-order valence-electron chi connectivity index (χ0n) is 14.6. The largest absolute Gasteiger partial charge is 0.349 e. The molecule has 136 valence electrons. The number of benzene rings is 1. The van der Waals surface area contributed by atoms with Gasteiger partial charge in [0.15, 0.2) is 0 Å². The van der Waals surface area contributed by atoms with E-state index in [0.717, 1.165) is 50.1 Å². The molecule has 25 heavy (non-hydrogen) atoms. The summed E-state index contributed by atoms with van der Waals surface area (Å²) in [5, 5.41) is 3.15. The third kappa shape index (κ3) is 4.55. The van der Waals surface area contributed by atoms with Gasteiger partial charge in [-0.05, 0) is 50.3 Å². The fraction of sp³-hybridized carbons (Fsp3) is 0.579. The number of likely N-dealkylation sites (tertiary alicyclic amines) is 1. The minimum atomic E-state index is -0.0536. The van der Waals surface area contributed by atoms with Crippen LogP contribution in [-0.4, -0.2) is 48.1 Å². The predicted molar refractivity (Wildman–Crippen MR) is 101 cm³/mol. The summed E-state index contributed by atoms with van der Waals surface area (Å²) in [6.45, 7) is 2.35. The van der Waals surface area contributed by atoms with Gasteiger partial charge in [-0.15, -0.1) is 11.8 Å². The van der Waals surface area contributed by atoms with Crippen LogP contribution in [0.2, 0.25) is 0 Å². The normalized spacial score (nSPS) is 23.0. The van der Waals surface area contributed by atoms with Crippen molar-refractivity contribution in [1.29, 1.82) is 0 Å². The number of nitrogens with one attached hydrogen (secondary N) is 1. The summed E-state index contributed by atoms with van der Waals surface area (Å²) in [5.41, 5.74) is 6.47. The van der Waals surface area contributed by atoms with Crippen molar-refractivity contribution in [2.24, 2.45) is 11.7 Å². The number of carbonyl (C=O) groups excluding carboxylic acids is 2. The highest BCUT2D eigenvalue weighted by Gasteiger charge is 2.28. The van der Waals surface area contributed by atoms with E-state index in [1.54, 1.807) is 0 Å². The van der Waals surface area contributed by atoms with Crippen molar-refractivity contribution in [2.45, 2.75) is 43.0 Å². The maximum Gasteiger partial charge on any atom is 0.252 e. The SMILES string of the molecule is NCC1CCCC1NC(=O)c1ccccc1SCC(=O)N1CCCC1. The number of amides is 2. The van der Waals surface area contributed by atoms with E-state index in [1.165, 1.54) is 11.8 Å². The van der Waals surface area contributed by atoms with E-state index in [0.29, 0.717) is 23.8 Å². The molecule has 1 aromatic carbocycles. The number of hydrogen-bond donors (Lipinski definition) is 2.